The Bertz CT molecular complexity index is 670. The number of rotatable bonds is 4. The fraction of sp³-hybridized carbons (Fsp3) is 0.214. The van der Waals surface area contributed by atoms with Gasteiger partial charge in [0.2, 0.25) is 0 Å². The number of carbonyl (C=O) groups is 2. The number of hydrogen-bond donors (Lipinski definition) is 3. The second-order valence-corrected chi connectivity index (χ2v) is 5.61. The summed E-state index contributed by atoms with van der Waals surface area (Å²) < 4.78 is 12.8. The topological polar surface area (TPSA) is 83.1 Å². The van der Waals surface area contributed by atoms with Crippen LogP contribution in [0, 0.1) is 5.82 Å². The van der Waals surface area contributed by atoms with Crippen LogP contribution in [0.1, 0.15) is 24.3 Å². The third-order valence-electron chi connectivity index (χ3n) is 2.48. The van der Waals surface area contributed by atoms with E-state index in [1.807, 2.05) is 13.8 Å². The molecule has 6 nitrogen and oxygen atoms in total. The molecular formula is C14H15FN4O2S. The van der Waals surface area contributed by atoms with E-state index in [1.54, 1.807) is 5.38 Å². The number of aromatic nitrogens is 1. The summed E-state index contributed by atoms with van der Waals surface area (Å²) in [5, 5.41) is 9.63. The van der Waals surface area contributed by atoms with Crippen LogP contribution in [0.2, 0.25) is 0 Å². The van der Waals surface area contributed by atoms with Gasteiger partial charge < -0.3 is 10.6 Å². The molecule has 0 atom stereocenters. The number of nitrogens with zero attached hydrogens (tertiary/aromatic N) is 1. The van der Waals surface area contributed by atoms with Crippen molar-refractivity contribution in [3.8, 4) is 0 Å². The fourth-order valence-electron chi connectivity index (χ4n) is 1.56. The van der Waals surface area contributed by atoms with Gasteiger partial charge >= 0.3 is 6.03 Å². The smallest absolute Gasteiger partial charge is 0.325 e. The average Bonchev–Trinajstić information content (AvgIpc) is 2.89. The zero-order valence-electron chi connectivity index (χ0n) is 12.0. The van der Waals surface area contributed by atoms with E-state index in [9.17, 15) is 14.0 Å². The second kappa shape index (κ2) is 6.99. The Balaban J connectivity index is 1.93. The van der Waals surface area contributed by atoms with E-state index in [0.29, 0.717) is 10.8 Å². The number of amides is 3. The first-order valence-corrected chi connectivity index (χ1v) is 7.42. The molecule has 0 radical (unpaired) electrons. The van der Waals surface area contributed by atoms with Gasteiger partial charge in [0.1, 0.15) is 11.5 Å². The van der Waals surface area contributed by atoms with Crippen molar-refractivity contribution in [1.29, 1.82) is 0 Å². The van der Waals surface area contributed by atoms with Crippen molar-refractivity contribution in [2.24, 2.45) is 0 Å². The maximum absolute atomic E-state index is 12.8. The average molecular weight is 322 g/mol. The highest BCUT2D eigenvalue weighted by Gasteiger charge is 2.13. The molecule has 0 saturated heterocycles. The molecule has 0 fully saturated rings. The van der Waals surface area contributed by atoms with Gasteiger partial charge in [0.15, 0.2) is 5.13 Å². The Morgan fingerprint density at radius 2 is 1.86 bits per heavy atom. The van der Waals surface area contributed by atoms with Gasteiger partial charge in [-0.1, -0.05) is 0 Å². The molecule has 116 valence electrons. The van der Waals surface area contributed by atoms with Gasteiger partial charge in [-0.25, -0.2) is 14.2 Å². The molecule has 0 bridgehead atoms. The molecule has 1 aromatic heterocycles. The summed E-state index contributed by atoms with van der Waals surface area (Å²) in [5.41, 5.74) is 0.698. The lowest BCUT2D eigenvalue weighted by atomic mass is 10.3. The molecule has 22 heavy (non-hydrogen) atoms. The van der Waals surface area contributed by atoms with E-state index < -0.39 is 6.03 Å². The number of halogens is 1. The summed E-state index contributed by atoms with van der Waals surface area (Å²) in [6, 6.07) is 4.86. The van der Waals surface area contributed by atoms with Crippen molar-refractivity contribution >= 4 is 34.1 Å². The number of anilines is 2. The Kier molecular flexibility index (Phi) is 5.05. The normalized spacial score (nSPS) is 10.4. The van der Waals surface area contributed by atoms with Crippen LogP contribution in [-0.2, 0) is 0 Å². The van der Waals surface area contributed by atoms with Gasteiger partial charge in [-0.05, 0) is 38.1 Å². The zero-order valence-corrected chi connectivity index (χ0v) is 12.8. The van der Waals surface area contributed by atoms with Crippen LogP contribution in [0.15, 0.2) is 29.6 Å². The highest BCUT2D eigenvalue weighted by Crippen LogP contribution is 2.16. The van der Waals surface area contributed by atoms with E-state index in [4.69, 9.17) is 0 Å². The van der Waals surface area contributed by atoms with Gasteiger partial charge in [-0.3, -0.25) is 10.1 Å². The highest BCUT2D eigenvalue weighted by molar-refractivity contribution is 7.14. The SMILES string of the molecule is CC(C)NC(=O)c1csc(NC(=O)Nc2ccc(F)cc2)n1. The van der Waals surface area contributed by atoms with Gasteiger partial charge in [0, 0.05) is 17.1 Å². The first-order valence-electron chi connectivity index (χ1n) is 6.54. The standard InChI is InChI=1S/C14H15FN4O2S/c1-8(2)16-12(20)11-7-22-14(18-11)19-13(21)17-10-5-3-9(15)4-6-10/h3-8H,1-2H3,(H,16,20)(H2,17,18,19,21). The number of urea groups is 1. The van der Waals surface area contributed by atoms with Crippen LogP contribution >= 0.6 is 11.3 Å². The van der Waals surface area contributed by atoms with Crippen molar-refractivity contribution in [3.05, 3.63) is 41.2 Å². The zero-order chi connectivity index (χ0) is 16.1. The van der Waals surface area contributed by atoms with Crippen LogP contribution in [0.5, 0.6) is 0 Å². The molecule has 0 spiro atoms. The number of benzene rings is 1. The summed E-state index contributed by atoms with van der Waals surface area (Å²) in [4.78, 5) is 27.6. The van der Waals surface area contributed by atoms with Crippen molar-refractivity contribution < 1.29 is 14.0 Å². The summed E-state index contributed by atoms with van der Waals surface area (Å²) >= 11 is 1.14. The Labute approximate surface area is 130 Å². The molecule has 0 aliphatic carbocycles. The Morgan fingerprint density at radius 3 is 2.50 bits per heavy atom. The molecule has 1 aromatic carbocycles. The summed E-state index contributed by atoms with van der Waals surface area (Å²) in [5.74, 6) is -0.676. The van der Waals surface area contributed by atoms with Crippen molar-refractivity contribution in [3.63, 3.8) is 0 Å². The lowest BCUT2D eigenvalue weighted by molar-refractivity contribution is 0.0939. The third-order valence-corrected chi connectivity index (χ3v) is 3.24. The van der Waals surface area contributed by atoms with Crippen molar-refractivity contribution in [1.82, 2.24) is 10.3 Å². The first kappa shape index (κ1) is 15.9. The maximum Gasteiger partial charge on any atom is 0.325 e. The molecule has 2 aromatic rings. The van der Waals surface area contributed by atoms with Crippen LogP contribution in [-0.4, -0.2) is 23.0 Å². The molecule has 8 heteroatoms. The maximum atomic E-state index is 12.8. The predicted octanol–water partition coefficient (Wildman–Crippen LogP) is 3.06. The van der Waals surface area contributed by atoms with E-state index in [0.717, 1.165) is 11.3 Å². The van der Waals surface area contributed by atoms with E-state index in [2.05, 4.69) is 20.9 Å². The van der Waals surface area contributed by atoms with Crippen molar-refractivity contribution in [2.45, 2.75) is 19.9 Å². The van der Waals surface area contributed by atoms with Crippen LogP contribution in [0.3, 0.4) is 0 Å². The van der Waals surface area contributed by atoms with Crippen LogP contribution in [0.25, 0.3) is 0 Å². The molecular weight excluding hydrogens is 307 g/mol. The predicted molar refractivity (Wildman–Crippen MR) is 83.8 cm³/mol. The van der Waals surface area contributed by atoms with Crippen molar-refractivity contribution in [2.75, 3.05) is 10.6 Å². The van der Waals surface area contributed by atoms with E-state index in [-0.39, 0.29) is 23.5 Å². The molecule has 0 unspecified atom stereocenters. The lowest BCUT2D eigenvalue weighted by Crippen LogP contribution is -2.30. The van der Waals surface area contributed by atoms with Gasteiger partial charge in [-0.15, -0.1) is 11.3 Å². The minimum absolute atomic E-state index is 0.00684. The second-order valence-electron chi connectivity index (χ2n) is 4.75. The van der Waals surface area contributed by atoms with Crippen LogP contribution < -0.4 is 16.0 Å². The van der Waals surface area contributed by atoms with E-state index >= 15 is 0 Å². The highest BCUT2D eigenvalue weighted by atomic mass is 32.1. The minimum Gasteiger partial charge on any atom is -0.349 e. The van der Waals surface area contributed by atoms with E-state index in [1.165, 1.54) is 24.3 Å². The van der Waals surface area contributed by atoms with Gasteiger partial charge in [0.05, 0.1) is 0 Å². The first-order chi connectivity index (χ1) is 10.4. The Morgan fingerprint density at radius 1 is 1.18 bits per heavy atom. The number of thiazole rings is 1. The number of carbonyl (C=O) groups excluding carboxylic acids is 2. The number of hydrogen-bond acceptors (Lipinski definition) is 4. The third kappa shape index (κ3) is 4.52. The molecule has 0 aliphatic rings. The van der Waals surface area contributed by atoms with Crippen LogP contribution in [0.4, 0.5) is 20.0 Å². The molecule has 3 amide bonds. The molecule has 1 heterocycles. The summed E-state index contributed by atoms with van der Waals surface area (Å²) in [6.07, 6.45) is 0. The largest absolute Gasteiger partial charge is 0.349 e. The monoisotopic (exact) mass is 322 g/mol. The van der Waals surface area contributed by atoms with Gasteiger partial charge in [0.25, 0.3) is 5.91 Å². The fourth-order valence-corrected chi connectivity index (χ4v) is 2.25. The van der Waals surface area contributed by atoms with Gasteiger partial charge in [-0.2, -0.15) is 0 Å². The molecule has 2 rings (SSSR count). The number of nitrogens with one attached hydrogen (secondary N) is 3. The molecule has 3 N–H and O–H groups in total. The summed E-state index contributed by atoms with van der Waals surface area (Å²) in [6.45, 7) is 3.69. The lowest BCUT2D eigenvalue weighted by Gasteiger charge is -2.06. The minimum atomic E-state index is -0.517. The molecule has 0 aliphatic heterocycles. The quantitative estimate of drug-likeness (QED) is 0.809. The summed E-state index contributed by atoms with van der Waals surface area (Å²) in [7, 11) is 0. The molecule has 0 saturated carbocycles. The Hall–Kier alpha value is -2.48.